The number of halogens is 2. The van der Waals surface area contributed by atoms with E-state index in [9.17, 15) is 4.79 Å². The largest absolute Gasteiger partial charge is 0.496 e. The van der Waals surface area contributed by atoms with E-state index in [-0.39, 0.29) is 11.5 Å². The van der Waals surface area contributed by atoms with Crippen molar-refractivity contribution < 1.29 is 9.53 Å². The number of amides is 1. The maximum atomic E-state index is 12.5. The second-order valence-electron chi connectivity index (χ2n) is 5.86. The molecule has 9 heteroatoms. The van der Waals surface area contributed by atoms with Crippen LogP contribution in [-0.2, 0) is 6.54 Å². The Morgan fingerprint density at radius 2 is 2.04 bits per heavy atom. The van der Waals surface area contributed by atoms with Gasteiger partial charge in [0.2, 0.25) is 0 Å². The van der Waals surface area contributed by atoms with Crippen LogP contribution in [0.4, 0.5) is 11.5 Å². The number of hydrogen-bond donors (Lipinski definition) is 2. The first-order chi connectivity index (χ1) is 12.9. The number of anilines is 2. The lowest BCUT2D eigenvalue weighted by Gasteiger charge is -2.10. The van der Waals surface area contributed by atoms with Crippen molar-refractivity contribution in [3.63, 3.8) is 0 Å². The van der Waals surface area contributed by atoms with Crippen LogP contribution in [0.3, 0.4) is 0 Å². The second-order valence-corrected chi connectivity index (χ2v) is 7.63. The number of ether oxygens (including phenoxy) is 1. The number of carbonyl (C=O) groups is 1. The Bertz CT molecular complexity index is 1000. The molecule has 0 bridgehead atoms. The molecule has 0 aliphatic carbocycles. The van der Waals surface area contributed by atoms with Gasteiger partial charge in [-0.3, -0.25) is 4.79 Å². The van der Waals surface area contributed by atoms with Gasteiger partial charge in [-0.2, -0.15) is 0 Å². The zero-order valence-corrected chi connectivity index (χ0v) is 17.8. The summed E-state index contributed by atoms with van der Waals surface area (Å²) >= 11 is 6.87. The highest BCUT2D eigenvalue weighted by molar-refractivity contribution is 9.10. The molecule has 1 amide bonds. The zero-order valence-electron chi connectivity index (χ0n) is 14.7. The van der Waals surface area contributed by atoms with Crippen LogP contribution >= 0.6 is 31.9 Å². The van der Waals surface area contributed by atoms with Gasteiger partial charge in [0.25, 0.3) is 5.91 Å². The van der Waals surface area contributed by atoms with Gasteiger partial charge in [-0.05, 0) is 48.9 Å². The number of nitrogens with zero attached hydrogens (tertiary/aromatic N) is 3. The first-order valence-electron chi connectivity index (χ1n) is 7.98. The fraction of sp³-hybridized carbons (Fsp3) is 0.167. The number of nitrogens with two attached hydrogens (primary N) is 1. The summed E-state index contributed by atoms with van der Waals surface area (Å²) in [4.78, 5) is 12.5. The van der Waals surface area contributed by atoms with E-state index < -0.39 is 5.91 Å². The number of nitrogen functional groups attached to an aromatic ring is 1. The van der Waals surface area contributed by atoms with Crippen molar-refractivity contribution in [2.24, 2.45) is 0 Å². The van der Waals surface area contributed by atoms with Crippen LogP contribution in [0.15, 0.2) is 45.3 Å². The van der Waals surface area contributed by atoms with Gasteiger partial charge in [-0.15, -0.1) is 5.10 Å². The van der Waals surface area contributed by atoms with Gasteiger partial charge >= 0.3 is 0 Å². The standard InChI is InChI=1S/C18H17Br2N5O2/c1-10-7-13(4-5-14(10)20)22-18(26)16-17(21)25(24-23-16)9-11-8-12(19)3-6-15(11)27-2/h3-8H,9,21H2,1-2H3,(H,22,26). The normalized spacial score (nSPS) is 10.7. The summed E-state index contributed by atoms with van der Waals surface area (Å²) < 4.78 is 8.69. The Hall–Kier alpha value is -2.39. The van der Waals surface area contributed by atoms with Crippen molar-refractivity contribution in [2.45, 2.75) is 13.5 Å². The van der Waals surface area contributed by atoms with E-state index in [4.69, 9.17) is 10.5 Å². The van der Waals surface area contributed by atoms with Gasteiger partial charge in [-0.1, -0.05) is 37.1 Å². The van der Waals surface area contributed by atoms with Gasteiger partial charge in [0.15, 0.2) is 11.5 Å². The monoisotopic (exact) mass is 493 g/mol. The number of rotatable bonds is 5. The van der Waals surface area contributed by atoms with E-state index in [0.717, 1.165) is 20.1 Å². The van der Waals surface area contributed by atoms with Crippen LogP contribution in [0.1, 0.15) is 21.6 Å². The smallest absolute Gasteiger partial charge is 0.280 e. The van der Waals surface area contributed by atoms with Crippen molar-refractivity contribution in [3.8, 4) is 5.75 Å². The lowest BCUT2D eigenvalue weighted by molar-refractivity contribution is 0.102. The highest BCUT2D eigenvalue weighted by atomic mass is 79.9. The van der Waals surface area contributed by atoms with Gasteiger partial charge < -0.3 is 15.8 Å². The number of carbonyl (C=O) groups excluding carboxylic acids is 1. The van der Waals surface area contributed by atoms with Gasteiger partial charge in [0, 0.05) is 20.2 Å². The third-order valence-electron chi connectivity index (χ3n) is 3.97. The molecule has 3 rings (SSSR count). The highest BCUT2D eigenvalue weighted by Crippen LogP contribution is 2.25. The van der Waals surface area contributed by atoms with Crippen LogP contribution in [0.25, 0.3) is 0 Å². The molecule has 3 N–H and O–H groups in total. The van der Waals surface area contributed by atoms with Gasteiger partial charge in [0.05, 0.1) is 13.7 Å². The van der Waals surface area contributed by atoms with E-state index in [1.54, 1.807) is 13.2 Å². The third kappa shape index (κ3) is 4.30. The summed E-state index contributed by atoms with van der Waals surface area (Å²) in [6.45, 7) is 2.27. The number of aromatic nitrogens is 3. The maximum Gasteiger partial charge on any atom is 0.280 e. The first kappa shape index (κ1) is 19.4. The fourth-order valence-electron chi connectivity index (χ4n) is 2.54. The molecule has 0 aliphatic heterocycles. The minimum Gasteiger partial charge on any atom is -0.496 e. The predicted molar refractivity (Wildman–Crippen MR) is 111 cm³/mol. The lowest BCUT2D eigenvalue weighted by Crippen LogP contribution is -2.15. The average Bonchev–Trinajstić information content (AvgIpc) is 2.99. The maximum absolute atomic E-state index is 12.5. The van der Waals surface area contributed by atoms with Gasteiger partial charge in [-0.25, -0.2) is 4.68 Å². The lowest BCUT2D eigenvalue weighted by atomic mass is 10.2. The van der Waals surface area contributed by atoms with Crippen molar-refractivity contribution >= 4 is 49.3 Å². The molecule has 140 valence electrons. The average molecular weight is 495 g/mol. The van der Waals surface area contributed by atoms with Crippen molar-refractivity contribution in [1.29, 1.82) is 0 Å². The molecular weight excluding hydrogens is 478 g/mol. The molecule has 3 aromatic rings. The van der Waals surface area contributed by atoms with Crippen molar-refractivity contribution in [2.75, 3.05) is 18.2 Å². The van der Waals surface area contributed by atoms with Crippen molar-refractivity contribution in [1.82, 2.24) is 15.0 Å². The molecule has 1 heterocycles. The summed E-state index contributed by atoms with van der Waals surface area (Å²) in [7, 11) is 1.59. The van der Waals surface area contributed by atoms with Crippen LogP contribution in [0, 0.1) is 6.92 Å². The Kier molecular flexibility index (Phi) is 5.81. The van der Waals surface area contributed by atoms with Crippen LogP contribution < -0.4 is 15.8 Å². The molecule has 0 unspecified atom stereocenters. The minimum absolute atomic E-state index is 0.0736. The quantitative estimate of drug-likeness (QED) is 0.558. The molecule has 0 atom stereocenters. The Morgan fingerprint density at radius 3 is 2.74 bits per heavy atom. The third-order valence-corrected chi connectivity index (χ3v) is 5.35. The molecule has 27 heavy (non-hydrogen) atoms. The topological polar surface area (TPSA) is 95.1 Å². The van der Waals surface area contributed by atoms with E-state index in [1.165, 1.54) is 4.68 Å². The Balaban J connectivity index is 1.81. The van der Waals surface area contributed by atoms with E-state index in [1.807, 2.05) is 37.3 Å². The summed E-state index contributed by atoms with van der Waals surface area (Å²) in [6, 6.07) is 11.1. The van der Waals surface area contributed by atoms with E-state index in [2.05, 4.69) is 47.5 Å². The summed E-state index contributed by atoms with van der Waals surface area (Å²) in [6.07, 6.45) is 0. The van der Waals surface area contributed by atoms with E-state index >= 15 is 0 Å². The number of methoxy groups -OCH3 is 1. The minimum atomic E-state index is -0.415. The number of aryl methyl sites for hydroxylation is 1. The fourth-order valence-corrected chi connectivity index (χ4v) is 3.20. The highest BCUT2D eigenvalue weighted by Gasteiger charge is 2.19. The molecule has 0 saturated heterocycles. The second kappa shape index (κ2) is 8.10. The van der Waals surface area contributed by atoms with Crippen LogP contribution in [0.5, 0.6) is 5.75 Å². The Morgan fingerprint density at radius 1 is 1.26 bits per heavy atom. The SMILES string of the molecule is COc1ccc(Br)cc1Cn1nnc(C(=O)Nc2ccc(Br)c(C)c2)c1N. The summed E-state index contributed by atoms with van der Waals surface area (Å²) in [5.41, 5.74) is 8.70. The first-order valence-corrected chi connectivity index (χ1v) is 9.56. The molecule has 7 nitrogen and oxygen atoms in total. The number of benzene rings is 2. The zero-order chi connectivity index (χ0) is 19.6. The van der Waals surface area contributed by atoms with Crippen LogP contribution in [0.2, 0.25) is 0 Å². The van der Waals surface area contributed by atoms with E-state index in [0.29, 0.717) is 18.0 Å². The number of hydrogen-bond acceptors (Lipinski definition) is 5. The molecule has 0 saturated carbocycles. The van der Waals surface area contributed by atoms with Crippen LogP contribution in [-0.4, -0.2) is 28.0 Å². The molecule has 0 fully saturated rings. The molecule has 2 aromatic carbocycles. The van der Waals surface area contributed by atoms with Gasteiger partial charge in [0.1, 0.15) is 5.75 Å². The molecule has 1 aromatic heterocycles. The molecule has 0 aliphatic rings. The van der Waals surface area contributed by atoms with Crippen molar-refractivity contribution in [3.05, 3.63) is 62.2 Å². The molecule has 0 spiro atoms. The summed E-state index contributed by atoms with van der Waals surface area (Å²) in [5.74, 6) is 0.467. The number of nitrogens with one attached hydrogen (secondary N) is 1. The molecular formula is C18H17Br2N5O2. The predicted octanol–water partition coefficient (Wildman–Crippen LogP) is 4.00. The Labute approximate surface area is 173 Å². The molecule has 0 radical (unpaired) electrons. The summed E-state index contributed by atoms with van der Waals surface area (Å²) in [5, 5.41) is 10.7.